The summed E-state index contributed by atoms with van der Waals surface area (Å²) in [6, 6.07) is 3.17. The molecule has 1 saturated heterocycles. The second kappa shape index (κ2) is 6.17. The molecule has 0 bridgehead atoms. The number of aromatic nitrogens is 1. The fourth-order valence-electron chi connectivity index (χ4n) is 2.65. The molecule has 1 aromatic rings. The summed E-state index contributed by atoms with van der Waals surface area (Å²) in [5.41, 5.74) is 6.04. The van der Waals surface area contributed by atoms with E-state index in [2.05, 4.69) is 9.88 Å². The minimum Gasteiger partial charge on any atom is -0.325 e. The highest BCUT2D eigenvalue weighted by Crippen LogP contribution is 2.22. The normalized spacial score (nSPS) is 22.6. The fraction of sp³-hybridized carbons (Fsp3) is 0.615. The Bertz CT molecular complexity index is 561. The van der Waals surface area contributed by atoms with Crippen molar-refractivity contribution in [1.82, 2.24) is 14.2 Å². The molecule has 6 nitrogen and oxygen atoms in total. The van der Waals surface area contributed by atoms with Gasteiger partial charge in [-0.1, -0.05) is 0 Å². The lowest BCUT2D eigenvalue weighted by molar-refractivity contribution is 0.290. The maximum Gasteiger partial charge on any atom is 0.245 e. The molecule has 1 atom stereocenters. The van der Waals surface area contributed by atoms with Crippen molar-refractivity contribution in [3.63, 3.8) is 0 Å². The van der Waals surface area contributed by atoms with Crippen LogP contribution in [0.15, 0.2) is 23.2 Å². The third-order valence-electron chi connectivity index (χ3n) is 3.61. The van der Waals surface area contributed by atoms with E-state index in [1.807, 2.05) is 14.0 Å². The summed E-state index contributed by atoms with van der Waals surface area (Å²) in [6.07, 6.45) is 2.40. The van der Waals surface area contributed by atoms with Gasteiger partial charge in [0.1, 0.15) is 4.90 Å². The zero-order valence-corrected chi connectivity index (χ0v) is 12.8. The van der Waals surface area contributed by atoms with Gasteiger partial charge in [-0.05, 0) is 39.1 Å². The predicted molar refractivity (Wildman–Crippen MR) is 77.6 cm³/mol. The Kier molecular flexibility index (Phi) is 4.74. The monoisotopic (exact) mass is 298 g/mol. The molecular weight excluding hydrogens is 276 g/mol. The highest BCUT2D eigenvalue weighted by molar-refractivity contribution is 7.89. The summed E-state index contributed by atoms with van der Waals surface area (Å²) in [4.78, 5) is 6.48. The molecule has 0 amide bonds. The first-order chi connectivity index (χ1) is 9.46. The average Bonchev–Trinajstić information content (AvgIpc) is 2.59. The van der Waals surface area contributed by atoms with Gasteiger partial charge < -0.3 is 10.6 Å². The van der Waals surface area contributed by atoms with E-state index in [4.69, 9.17) is 5.73 Å². The first-order valence-electron chi connectivity index (χ1n) is 6.81. The van der Waals surface area contributed by atoms with Gasteiger partial charge in [-0.3, -0.25) is 4.98 Å². The van der Waals surface area contributed by atoms with E-state index in [9.17, 15) is 8.42 Å². The highest BCUT2D eigenvalue weighted by atomic mass is 32.2. The first-order valence-corrected chi connectivity index (χ1v) is 8.25. The van der Waals surface area contributed by atoms with Crippen molar-refractivity contribution in [2.75, 3.05) is 26.7 Å². The Balaban J connectivity index is 2.38. The van der Waals surface area contributed by atoms with Gasteiger partial charge in [0.15, 0.2) is 0 Å². The maximum atomic E-state index is 12.8. The lowest BCUT2D eigenvalue weighted by Crippen LogP contribution is -2.42. The van der Waals surface area contributed by atoms with Crippen molar-refractivity contribution in [3.8, 4) is 0 Å². The van der Waals surface area contributed by atoms with Crippen molar-refractivity contribution in [2.24, 2.45) is 5.73 Å². The number of hydrogen-bond acceptors (Lipinski definition) is 5. The molecule has 0 aliphatic carbocycles. The van der Waals surface area contributed by atoms with Crippen LogP contribution in [-0.4, -0.2) is 55.3 Å². The molecule has 20 heavy (non-hydrogen) atoms. The number of nitrogens with two attached hydrogens (primary N) is 1. The Hall–Kier alpha value is -1.02. The largest absolute Gasteiger partial charge is 0.325 e. The van der Waals surface area contributed by atoms with E-state index in [1.165, 1.54) is 0 Å². The molecule has 2 rings (SSSR count). The molecule has 1 unspecified atom stereocenters. The number of sulfonamides is 1. The number of nitrogens with zero attached hydrogens (tertiary/aromatic N) is 3. The zero-order valence-electron chi connectivity index (χ0n) is 12.0. The van der Waals surface area contributed by atoms with E-state index in [-0.39, 0.29) is 17.5 Å². The summed E-state index contributed by atoms with van der Waals surface area (Å²) in [6.45, 7) is 4.24. The number of rotatable bonds is 3. The molecule has 0 saturated carbocycles. The quantitative estimate of drug-likeness (QED) is 0.865. The van der Waals surface area contributed by atoms with E-state index in [1.54, 1.807) is 22.6 Å². The van der Waals surface area contributed by atoms with Crippen LogP contribution in [0.25, 0.3) is 0 Å². The van der Waals surface area contributed by atoms with Crippen LogP contribution in [0, 0.1) is 0 Å². The minimum absolute atomic E-state index is 0.0571. The molecule has 1 fully saturated rings. The van der Waals surface area contributed by atoms with E-state index in [0.29, 0.717) is 12.2 Å². The Labute approximate surface area is 120 Å². The molecule has 1 aliphatic heterocycles. The molecule has 7 heteroatoms. The van der Waals surface area contributed by atoms with Crippen LogP contribution in [-0.2, 0) is 16.6 Å². The Morgan fingerprint density at radius 3 is 2.90 bits per heavy atom. The van der Waals surface area contributed by atoms with Crippen molar-refractivity contribution in [2.45, 2.75) is 30.8 Å². The van der Waals surface area contributed by atoms with E-state index in [0.717, 1.165) is 19.5 Å². The third kappa shape index (κ3) is 3.01. The van der Waals surface area contributed by atoms with Gasteiger partial charge in [-0.25, -0.2) is 8.42 Å². The molecule has 112 valence electrons. The zero-order chi connectivity index (χ0) is 14.8. The van der Waals surface area contributed by atoms with Crippen LogP contribution >= 0.6 is 0 Å². The SMILES string of the molecule is CC1CN(C)CCCN1S(=O)(=O)c1cccnc1CN. The molecule has 1 aromatic heterocycles. The molecular formula is C13H22N4O2S. The van der Waals surface area contributed by atoms with Crippen LogP contribution in [0.4, 0.5) is 0 Å². The second-order valence-corrected chi connectivity index (χ2v) is 7.09. The van der Waals surface area contributed by atoms with Gasteiger partial charge >= 0.3 is 0 Å². The van der Waals surface area contributed by atoms with Crippen LogP contribution in [0.2, 0.25) is 0 Å². The highest BCUT2D eigenvalue weighted by Gasteiger charge is 2.32. The average molecular weight is 298 g/mol. The molecule has 0 radical (unpaired) electrons. The molecule has 0 aromatic carbocycles. The number of pyridine rings is 1. The Morgan fingerprint density at radius 2 is 2.20 bits per heavy atom. The summed E-state index contributed by atoms with van der Waals surface area (Å²) in [5.74, 6) is 0. The van der Waals surface area contributed by atoms with Gasteiger partial charge in [0.25, 0.3) is 0 Å². The molecule has 0 spiro atoms. The van der Waals surface area contributed by atoms with Crippen molar-refractivity contribution in [3.05, 3.63) is 24.0 Å². The van der Waals surface area contributed by atoms with Crippen molar-refractivity contribution < 1.29 is 8.42 Å². The molecule has 2 N–H and O–H groups in total. The van der Waals surface area contributed by atoms with Crippen molar-refractivity contribution >= 4 is 10.0 Å². The third-order valence-corrected chi connectivity index (χ3v) is 5.70. The smallest absolute Gasteiger partial charge is 0.245 e. The van der Waals surface area contributed by atoms with Gasteiger partial charge in [0.2, 0.25) is 10.0 Å². The van der Waals surface area contributed by atoms with Gasteiger partial charge in [0.05, 0.1) is 5.69 Å². The lowest BCUT2D eigenvalue weighted by atomic mass is 10.3. The standard InChI is InChI=1S/C13H22N4O2S/c1-11-10-16(2)7-4-8-17(11)20(18,19)13-5-3-6-15-12(13)9-14/h3,5-6,11H,4,7-10,14H2,1-2H3. The van der Waals surface area contributed by atoms with E-state index < -0.39 is 10.0 Å². The van der Waals surface area contributed by atoms with Gasteiger partial charge in [0, 0.05) is 31.9 Å². The maximum absolute atomic E-state index is 12.8. The summed E-state index contributed by atoms with van der Waals surface area (Å²) in [7, 11) is -1.52. The van der Waals surface area contributed by atoms with Crippen LogP contribution in [0.5, 0.6) is 0 Å². The fourth-order valence-corrected chi connectivity index (χ4v) is 4.49. The summed E-state index contributed by atoms with van der Waals surface area (Å²) in [5, 5.41) is 0. The minimum atomic E-state index is -3.54. The second-order valence-electron chi connectivity index (χ2n) is 5.23. The lowest BCUT2D eigenvalue weighted by Gasteiger charge is -2.27. The predicted octanol–water partition coefficient (Wildman–Crippen LogP) is 0.255. The van der Waals surface area contributed by atoms with Crippen LogP contribution in [0.1, 0.15) is 19.0 Å². The van der Waals surface area contributed by atoms with Gasteiger partial charge in [-0.2, -0.15) is 4.31 Å². The molecule has 1 aliphatic rings. The number of hydrogen-bond donors (Lipinski definition) is 1. The first kappa shape index (κ1) is 15.4. The molecule has 2 heterocycles. The van der Waals surface area contributed by atoms with Gasteiger partial charge in [-0.15, -0.1) is 0 Å². The number of likely N-dealkylation sites (N-methyl/N-ethyl adjacent to an activating group) is 1. The van der Waals surface area contributed by atoms with Crippen LogP contribution < -0.4 is 5.73 Å². The van der Waals surface area contributed by atoms with Crippen molar-refractivity contribution in [1.29, 1.82) is 0 Å². The van der Waals surface area contributed by atoms with Crippen LogP contribution in [0.3, 0.4) is 0 Å². The summed E-state index contributed by atoms with van der Waals surface area (Å²) >= 11 is 0. The van der Waals surface area contributed by atoms with E-state index >= 15 is 0 Å². The Morgan fingerprint density at radius 1 is 1.45 bits per heavy atom. The summed E-state index contributed by atoms with van der Waals surface area (Å²) < 4.78 is 27.3. The topological polar surface area (TPSA) is 79.5 Å².